The summed E-state index contributed by atoms with van der Waals surface area (Å²) in [5, 5.41) is 2.84. The van der Waals surface area contributed by atoms with Crippen molar-refractivity contribution in [1.82, 2.24) is 0 Å². The van der Waals surface area contributed by atoms with Gasteiger partial charge in [-0.25, -0.2) is 0 Å². The van der Waals surface area contributed by atoms with E-state index in [4.69, 9.17) is 5.73 Å². The van der Waals surface area contributed by atoms with Crippen molar-refractivity contribution in [2.24, 2.45) is 5.92 Å². The highest BCUT2D eigenvalue weighted by Crippen LogP contribution is 2.24. The smallest absolute Gasteiger partial charge is 0.235 e. The minimum absolute atomic E-state index is 0.155. The molecule has 3 aromatic carbocycles. The molecule has 1 unspecified atom stereocenters. The third kappa shape index (κ3) is 5.35. The predicted molar refractivity (Wildman–Crippen MR) is 123 cm³/mol. The van der Waals surface area contributed by atoms with Gasteiger partial charge in [-0.15, -0.1) is 0 Å². The first-order valence-electron chi connectivity index (χ1n) is 10.4. The van der Waals surface area contributed by atoms with Crippen molar-refractivity contribution in [3.8, 4) is 11.1 Å². The zero-order valence-electron chi connectivity index (χ0n) is 17.3. The first-order valence-corrected chi connectivity index (χ1v) is 10.4. The molecule has 0 saturated carbocycles. The number of hydrogen-bond acceptors (Lipinski definition) is 3. The number of Topliss-reactive ketones (excluding diaryl/α,β-unsaturated/α-hetero) is 1. The van der Waals surface area contributed by atoms with Gasteiger partial charge in [0.2, 0.25) is 5.91 Å². The molecular formula is C26H28N2O2. The molecule has 30 heavy (non-hydrogen) atoms. The van der Waals surface area contributed by atoms with Gasteiger partial charge >= 0.3 is 0 Å². The highest BCUT2D eigenvalue weighted by atomic mass is 16.2. The summed E-state index contributed by atoms with van der Waals surface area (Å²) < 4.78 is 0. The second-order valence-electron chi connectivity index (χ2n) is 7.43. The molecule has 3 aromatic rings. The van der Waals surface area contributed by atoms with Crippen LogP contribution >= 0.6 is 0 Å². The van der Waals surface area contributed by atoms with Gasteiger partial charge in [0.05, 0.1) is 11.4 Å². The quantitative estimate of drug-likeness (QED) is 0.202. The van der Waals surface area contributed by atoms with Crippen molar-refractivity contribution in [1.29, 1.82) is 0 Å². The summed E-state index contributed by atoms with van der Waals surface area (Å²) in [4.78, 5) is 26.2. The van der Waals surface area contributed by atoms with Crippen molar-refractivity contribution in [3.63, 3.8) is 0 Å². The molecule has 3 N–H and O–H groups in total. The minimum atomic E-state index is -0.737. The Morgan fingerprint density at radius 2 is 1.47 bits per heavy atom. The summed E-state index contributed by atoms with van der Waals surface area (Å²) in [7, 11) is 0. The first kappa shape index (κ1) is 21.3. The number of nitrogen functional groups attached to an aromatic ring is 1. The maximum atomic E-state index is 13.2. The van der Waals surface area contributed by atoms with Crippen LogP contribution in [0.25, 0.3) is 11.1 Å². The number of para-hydroxylation sites is 2. The molecular weight excluding hydrogens is 372 g/mol. The number of amides is 1. The highest BCUT2D eigenvalue weighted by Gasteiger charge is 2.27. The lowest BCUT2D eigenvalue weighted by Gasteiger charge is -2.17. The maximum Gasteiger partial charge on any atom is 0.235 e. The van der Waals surface area contributed by atoms with Crippen LogP contribution in [-0.2, 0) is 4.79 Å². The van der Waals surface area contributed by atoms with E-state index in [2.05, 4.69) is 12.2 Å². The molecule has 0 bridgehead atoms. The van der Waals surface area contributed by atoms with E-state index in [0.29, 0.717) is 23.4 Å². The van der Waals surface area contributed by atoms with Gasteiger partial charge in [-0.3, -0.25) is 9.59 Å². The van der Waals surface area contributed by atoms with Crippen molar-refractivity contribution in [3.05, 3.63) is 84.4 Å². The molecule has 0 aromatic heterocycles. The molecule has 0 aliphatic carbocycles. The van der Waals surface area contributed by atoms with Crippen molar-refractivity contribution >= 4 is 23.1 Å². The molecule has 0 heterocycles. The summed E-state index contributed by atoms with van der Waals surface area (Å²) in [6.45, 7) is 2.10. The largest absolute Gasteiger partial charge is 0.397 e. The molecule has 0 aliphatic heterocycles. The number of hydrogen-bond donors (Lipinski definition) is 2. The molecule has 1 atom stereocenters. The monoisotopic (exact) mass is 400 g/mol. The lowest BCUT2D eigenvalue weighted by molar-refractivity contribution is -0.118. The molecule has 1 amide bonds. The Morgan fingerprint density at radius 1 is 0.833 bits per heavy atom. The van der Waals surface area contributed by atoms with E-state index in [0.717, 1.165) is 30.4 Å². The Kier molecular flexibility index (Phi) is 7.39. The first-order chi connectivity index (χ1) is 14.6. The lowest BCUT2D eigenvalue weighted by atomic mass is 9.90. The number of unbranched alkanes of at least 4 members (excludes halogenated alkanes) is 2. The van der Waals surface area contributed by atoms with Gasteiger partial charge in [0.25, 0.3) is 0 Å². The lowest BCUT2D eigenvalue weighted by Crippen LogP contribution is -2.30. The predicted octanol–water partition coefficient (Wildman–Crippen LogP) is 5.95. The number of rotatable bonds is 9. The van der Waals surface area contributed by atoms with Crippen LogP contribution in [0.1, 0.15) is 43.0 Å². The normalized spacial score (nSPS) is 11.6. The topological polar surface area (TPSA) is 72.2 Å². The van der Waals surface area contributed by atoms with E-state index in [1.165, 1.54) is 0 Å². The Balaban J connectivity index is 1.79. The van der Waals surface area contributed by atoms with E-state index >= 15 is 0 Å². The third-order valence-corrected chi connectivity index (χ3v) is 5.22. The fraction of sp³-hybridized carbons (Fsp3) is 0.231. The van der Waals surface area contributed by atoms with Crippen LogP contribution in [0.3, 0.4) is 0 Å². The van der Waals surface area contributed by atoms with E-state index in [9.17, 15) is 9.59 Å². The molecule has 0 aliphatic rings. The summed E-state index contributed by atoms with van der Waals surface area (Å²) in [5.41, 5.74) is 9.65. The van der Waals surface area contributed by atoms with Crippen LogP contribution in [-0.4, -0.2) is 11.7 Å². The molecule has 154 valence electrons. The van der Waals surface area contributed by atoms with Crippen LogP contribution in [0.2, 0.25) is 0 Å². The molecule has 0 spiro atoms. The molecule has 4 nitrogen and oxygen atoms in total. The zero-order chi connectivity index (χ0) is 21.3. The Hall–Kier alpha value is -3.40. The van der Waals surface area contributed by atoms with Gasteiger partial charge in [-0.2, -0.15) is 0 Å². The molecule has 3 rings (SSSR count). The average Bonchev–Trinajstić information content (AvgIpc) is 2.78. The number of nitrogens with one attached hydrogen (secondary N) is 1. The maximum absolute atomic E-state index is 13.2. The van der Waals surface area contributed by atoms with Crippen LogP contribution < -0.4 is 11.1 Å². The summed E-state index contributed by atoms with van der Waals surface area (Å²) in [5.74, 6) is -1.20. The Labute approximate surface area is 178 Å². The summed E-state index contributed by atoms with van der Waals surface area (Å²) >= 11 is 0. The average molecular weight is 401 g/mol. The van der Waals surface area contributed by atoms with E-state index in [-0.39, 0.29) is 11.7 Å². The minimum Gasteiger partial charge on any atom is -0.397 e. The fourth-order valence-electron chi connectivity index (χ4n) is 3.47. The van der Waals surface area contributed by atoms with Gasteiger partial charge in [0.1, 0.15) is 5.92 Å². The van der Waals surface area contributed by atoms with Crippen LogP contribution in [0.15, 0.2) is 78.9 Å². The second-order valence-corrected chi connectivity index (χ2v) is 7.43. The van der Waals surface area contributed by atoms with Gasteiger partial charge in [-0.05, 0) is 29.7 Å². The van der Waals surface area contributed by atoms with Gasteiger partial charge in [0, 0.05) is 5.56 Å². The van der Waals surface area contributed by atoms with Crippen molar-refractivity contribution < 1.29 is 9.59 Å². The van der Waals surface area contributed by atoms with Gasteiger partial charge < -0.3 is 11.1 Å². The molecule has 0 saturated heterocycles. The number of carbonyl (C=O) groups excluding carboxylic acids is 2. The van der Waals surface area contributed by atoms with Crippen LogP contribution in [0.5, 0.6) is 0 Å². The van der Waals surface area contributed by atoms with Crippen LogP contribution in [0, 0.1) is 5.92 Å². The summed E-state index contributed by atoms with van der Waals surface area (Å²) in [6.07, 6.45) is 3.36. The number of nitrogens with two attached hydrogens (primary N) is 1. The number of carbonyl (C=O) groups is 2. The fourth-order valence-corrected chi connectivity index (χ4v) is 3.47. The number of benzene rings is 3. The van der Waals surface area contributed by atoms with Crippen LogP contribution in [0.4, 0.5) is 11.4 Å². The van der Waals surface area contributed by atoms with E-state index in [1.807, 2.05) is 66.7 Å². The second kappa shape index (κ2) is 10.4. The van der Waals surface area contributed by atoms with Crippen molar-refractivity contribution in [2.45, 2.75) is 32.6 Å². The Bertz CT molecular complexity index is 981. The Morgan fingerprint density at radius 3 is 2.13 bits per heavy atom. The molecule has 4 heteroatoms. The molecule has 0 radical (unpaired) electrons. The number of ketones is 1. The van der Waals surface area contributed by atoms with Crippen molar-refractivity contribution in [2.75, 3.05) is 11.1 Å². The summed E-state index contributed by atoms with van der Waals surface area (Å²) in [6, 6.07) is 24.6. The number of anilines is 2. The molecule has 0 fully saturated rings. The van der Waals surface area contributed by atoms with E-state index < -0.39 is 5.92 Å². The highest BCUT2D eigenvalue weighted by molar-refractivity contribution is 6.14. The SMILES string of the molecule is CCCCCC(C(=O)Nc1ccccc1N)C(=O)c1ccc(-c2ccccc2)cc1. The standard InChI is InChI=1S/C26H28N2O2/c1-2-3-5-12-22(26(30)28-24-14-9-8-13-23(24)27)25(29)21-17-15-20(16-18-21)19-10-6-4-7-11-19/h4,6-11,13-18,22H,2-3,5,12,27H2,1H3,(H,28,30). The van der Waals surface area contributed by atoms with Gasteiger partial charge in [-0.1, -0.05) is 92.9 Å². The third-order valence-electron chi connectivity index (χ3n) is 5.22. The van der Waals surface area contributed by atoms with E-state index in [1.54, 1.807) is 12.1 Å². The zero-order valence-corrected chi connectivity index (χ0v) is 17.3. The van der Waals surface area contributed by atoms with Gasteiger partial charge in [0.15, 0.2) is 5.78 Å².